The zero-order valence-corrected chi connectivity index (χ0v) is 5.63. The van der Waals surface area contributed by atoms with E-state index in [1.165, 1.54) is 0 Å². The van der Waals surface area contributed by atoms with Gasteiger partial charge in [0, 0.05) is 26.2 Å². The van der Waals surface area contributed by atoms with Gasteiger partial charge >= 0.3 is 0 Å². The molecule has 0 aliphatic carbocycles. The van der Waals surface area contributed by atoms with Crippen molar-refractivity contribution in [3.05, 3.63) is 0 Å². The van der Waals surface area contributed by atoms with Crippen molar-refractivity contribution in [1.82, 2.24) is 9.80 Å². The number of fused-ring (bicyclic) bond motifs is 3. The summed E-state index contributed by atoms with van der Waals surface area (Å²) in [4.78, 5) is 3.12. The fourth-order valence-electron chi connectivity index (χ4n) is 1.58. The lowest BCUT2D eigenvalue weighted by Gasteiger charge is -2.46. The highest BCUT2D eigenvalue weighted by molar-refractivity contribution is 4.85. The summed E-state index contributed by atoms with van der Waals surface area (Å²) in [5.74, 6) is 0. The van der Waals surface area contributed by atoms with Crippen LogP contribution in [0.5, 0.6) is 0 Å². The lowest BCUT2D eigenvalue weighted by molar-refractivity contribution is -0.143. The van der Waals surface area contributed by atoms with Gasteiger partial charge in [0.25, 0.3) is 0 Å². The summed E-state index contributed by atoms with van der Waals surface area (Å²) < 4.78 is 25.6. The van der Waals surface area contributed by atoms with Gasteiger partial charge in [0.15, 0.2) is 12.6 Å². The van der Waals surface area contributed by atoms with Crippen LogP contribution in [0.2, 0.25) is 0 Å². The first kappa shape index (κ1) is 6.49. The van der Waals surface area contributed by atoms with E-state index in [0.717, 1.165) is 0 Å². The molecular weight excluding hydrogens is 138 g/mol. The molecule has 2 atom stereocenters. The SMILES string of the molecule is F[C@@H]1[C@@H](F)N2CCN1CC2. The van der Waals surface area contributed by atoms with Crippen LogP contribution in [0.15, 0.2) is 0 Å². The molecule has 0 saturated carbocycles. The molecule has 58 valence electrons. The molecule has 0 amide bonds. The zero-order valence-electron chi connectivity index (χ0n) is 5.63. The molecule has 4 heteroatoms. The molecule has 2 bridgehead atoms. The van der Waals surface area contributed by atoms with E-state index in [0.29, 0.717) is 26.2 Å². The van der Waals surface area contributed by atoms with Gasteiger partial charge in [-0.1, -0.05) is 0 Å². The van der Waals surface area contributed by atoms with Gasteiger partial charge in [-0.3, -0.25) is 9.80 Å². The predicted octanol–water partition coefficient (Wildman–Crippen LogP) is 0.209. The van der Waals surface area contributed by atoms with Crippen molar-refractivity contribution in [2.45, 2.75) is 12.6 Å². The van der Waals surface area contributed by atoms with E-state index in [9.17, 15) is 8.78 Å². The molecule has 2 nitrogen and oxygen atoms in total. The minimum Gasteiger partial charge on any atom is -0.268 e. The Bertz CT molecular complexity index is 114. The fourth-order valence-corrected chi connectivity index (χ4v) is 1.58. The molecular formula is C6H10F2N2. The van der Waals surface area contributed by atoms with E-state index in [2.05, 4.69) is 0 Å². The third-order valence-electron chi connectivity index (χ3n) is 2.27. The highest BCUT2D eigenvalue weighted by atomic mass is 19.2. The van der Waals surface area contributed by atoms with Crippen LogP contribution in [-0.4, -0.2) is 48.6 Å². The van der Waals surface area contributed by atoms with Crippen molar-refractivity contribution in [2.24, 2.45) is 0 Å². The van der Waals surface area contributed by atoms with Gasteiger partial charge in [-0.2, -0.15) is 0 Å². The number of nitrogens with zero attached hydrogens (tertiary/aromatic N) is 2. The summed E-state index contributed by atoms with van der Waals surface area (Å²) in [5.41, 5.74) is 0. The van der Waals surface area contributed by atoms with Crippen LogP contribution in [0.1, 0.15) is 0 Å². The quantitative estimate of drug-likeness (QED) is 0.453. The number of hydrogen-bond donors (Lipinski definition) is 0. The first-order chi connectivity index (χ1) is 4.79. The van der Waals surface area contributed by atoms with Crippen LogP contribution in [-0.2, 0) is 0 Å². The van der Waals surface area contributed by atoms with Crippen LogP contribution < -0.4 is 0 Å². The first-order valence-electron chi connectivity index (χ1n) is 3.55. The van der Waals surface area contributed by atoms with Crippen LogP contribution in [0.3, 0.4) is 0 Å². The van der Waals surface area contributed by atoms with E-state index in [1.807, 2.05) is 0 Å². The van der Waals surface area contributed by atoms with Crippen molar-refractivity contribution in [3.8, 4) is 0 Å². The molecule has 3 aliphatic heterocycles. The minimum absolute atomic E-state index is 0.682. The average molecular weight is 148 g/mol. The Kier molecular flexibility index (Phi) is 1.38. The van der Waals surface area contributed by atoms with Gasteiger partial charge in [0.05, 0.1) is 0 Å². The Morgan fingerprint density at radius 3 is 1.30 bits per heavy atom. The molecule has 10 heavy (non-hydrogen) atoms. The molecule has 3 heterocycles. The molecule has 0 aromatic heterocycles. The Balaban J connectivity index is 2.13. The Labute approximate surface area is 58.4 Å². The molecule has 3 aliphatic rings. The van der Waals surface area contributed by atoms with Crippen LogP contribution in [0, 0.1) is 0 Å². The Hall–Kier alpha value is -0.220. The van der Waals surface area contributed by atoms with Crippen molar-refractivity contribution >= 4 is 0 Å². The number of piperazine rings is 3. The first-order valence-corrected chi connectivity index (χ1v) is 3.55. The maximum atomic E-state index is 12.8. The number of alkyl halides is 2. The molecule has 0 N–H and O–H groups in total. The van der Waals surface area contributed by atoms with Crippen molar-refractivity contribution in [1.29, 1.82) is 0 Å². The van der Waals surface area contributed by atoms with Crippen molar-refractivity contribution < 1.29 is 8.78 Å². The van der Waals surface area contributed by atoms with Crippen LogP contribution >= 0.6 is 0 Å². The Morgan fingerprint density at radius 1 is 0.800 bits per heavy atom. The minimum atomic E-state index is -1.37. The third kappa shape index (κ3) is 0.754. The van der Waals surface area contributed by atoms with Crippen LogP contribution in [0.25, 0.3) is 0 Å². The summed E-state index contributed by atoms with van der Waals surface area (Å²) in [6.07, 6.45) is -2.75. The second-order valence-electron chi connectivity index (χ2n) is 2.82. The number of hydrogen-bond acceptors (Lipinski definition) is 2. The van der Waals surface area contributed by atoms with Crippen molar-refractivity contribution in [2.75, 3.05) is 26.2 Å². The molecule has 0 aromatic carbocycles. The van der Waals surface area contributed by atoms with Gasteiger partial charge in [0.2, 0.25) is 0 Å². The van der Waals surface area contributed by atoms with Gasteiger partial charge in [-0.05, 0) is 0 Å². The van der Waals surface area contributed by atoms with E-state index in [1.54, 1.807) is 9.80 Å². The highest BCUT2D eigenvalue weighted by Crippen LogP contribution is 2.23. The molecule has 0 aromatic rings. The molecule has 0 radical (unpaired) electrons. The summed E-state index contributed by atoms with van der Waals surface area (Å²) in [6.45, 7) is 2.73. The summed E-state index contributed by atoms with van der Waals surface area (Å²) >= 11 is 0. The van der Waals surface area contributed by atoms with Crippen LogP contribution in [0.4, 0.5) is 8.78 Å². The second kappa shape index (κ2) is 2.13. The second-order valence-corrected chi connectivity index (χ2v) is 2.82. The van der Waals surface area contributed by atoms with E-state index >= 15 is 0 Å². The molecule has 3 fully saturated rings. The molecule has 0 spiro atoms. The van der Waals surface area contributed by atoms with E-state index in [4.69, 9.17) is 0 Å². The zero-order chi connectivity index (χ0) is 7.14. The van der Waals surface area contributed by atoms with Gasteiger partial charge in [0.1, 0.15) is 0 Å². The molecule has 3 saturated heterocycles. The molecule has 0 unspecified atom stereocenters. The summed E-state index contributed by atoms with van der Waals surface area (Å²) in [7, 11) is 0. The summed E-state index contributed by atoms with van der Waals surface area (Å²) in [6, 6.07) is 0. The van der Waals surface area contributed by atoms with Gasteiger partial charge in [-0.25, -0.2) is 8.78 Å². The van der Waals surface area contributed by atoms with Gasteiger partial charge in [-0.15, -0.1) is 0 Å². The molecule has 3 rings (SSSR count). The lowest BCUT2D eigenvalue weighted by Crippen LogP contribution is -2.63. The van der Waals surface area contributed by atoms with Crippen molar-refractivity contribution in [3.63, 3.8) is 0 Å². The topological polar surface area (TPSA) is 6.48 Å². The standard InChI is InChI=1S/C6H10F2N2/c7-5-6(8)10-2-1-9(5)3-4-10/h5-6H,1-4H2/t5-,6-/m0/s1. The number of halogens is 2. The van der Waals surface area contributed by atoms with E-state index < -0.39 is 12.6 Å². The monoisotopic (exact) mass is 148 g/mol. The third-order valence-corrected chi connectivity index (χ3v) is 2.27. The largest absolute Gasteiger partial charge is 0.268 e. The van der Waals surface area contributed by atoms with E-state index in [-0.39, 0.29) is 0 Å². The maximum Gasteiger partial charge on any atom is 0.198 e. The highest BCUT2D eigenvalue weighted by Gasteiger charge is 2.40. The predicted molar refractivity (Wildman–Crippen MR) is 32.9 cm³/mol. The average Bonchev–Trinajstić information content (AvgIpc) is 2.00. The number of rotatable bonds is 0. The normalized spacial score (nSPS) is 53.4. The Morgan fingerprint density at radius 2 is 1.10 bits per heavy atom. The van der Waals surface area contributed by atoms with Gasteiger partial charge < -0.3 is 0 Å². The fraction of sp³-hybridized carbons (Fsp3) is 1.00. The lowest BCUT2D eigenvalue weighted by atomic mass is 10.2. The summed E-state index contributed by atoms with van der Waals surface area (Å²) in [5, 5.41) is 0. The smallest absolute Gasteiger partial charge is 0.198 e. The maximum absolute atomic E-state index is 12.8.